The summed E-state index contributed by atoms with van der Waals surface area (Å²) in [6.07, 6.45) is -0.147. The van der Waals surface area contributed by atoms with Gasteiger partial charge in [0.15, 0.2) is 0 Å². The third kappa shape index (κ3) is 3.21. The number of nitrogens with one attached hydrogen (secondary N) is 1. The second kappa shape index (κ2) is 6.16. The van der Waals surface area contributed by atoms with Gasteiger partial charge in [0.1, 0.15) is 11.9 Å². The van der Waals surface area contributed by atoms with Gasteiger partial charge in [-0.25, -0.2) is 8.42 Å². The third-order valence-electron chi connectivity index (χ3n) is 3.71. The Morgan fingerprint density at radius 3 is 2.58 bits per heavy atom. The van der Waals surface area contributed by atoms with Crippen molar-refractivity contribution in [1.82, 2.24) is 0 Å². The van der Waals surface area contributed by atoms with Crippen LogP contribution in [0.2, 0.25) is 0 Å². The number of anilines is 2. The molecule has 0 fully saturated rings. The molecular formula is C17H18N2O4S. The van der Waals surface area contributed by atoms with E-state index in [4.69, 9.17) is 4.74 Å². The summed E-state index contributed by atoms with van der Waals surface area (Å²) in [5.41, 5.74) is 0.944. The maximum atomic E-state index is 12.6. The van der Waals surface area contributed by atoms with E-state index in [0.717, 1.165) is 0 Å². The summed E-state index contributed by atoms with van der Waals surface area (Å²) >= 11 is 0. The lowest BCUT2D eigenvalue weighted by Crippen LogP contribution is -2.41. The van der Waals surface area contributed by atoms with E-state index in [-0.39, 0.29) is 16.9 Å². The van der Waals surface area contributed by atoms with Crippen LogP contribution in [0.4, 0.5) is 11.4 Å². The number of fused-ring (bicyclic) bond motifs is 1. The molecule has 24 heavy (non-hydrogen) atoms. The number of sulfonamides is 1. The Labute approximate surface area is 141 Å². The van der Waals surface area contributed by atoms with Crippen LogP contribution in [-0.2, 0) is 14.8 Å². The molecule has 1 heterocycles. The monoisotopic (exact) mass is 346 g/mol. The number of carbonyl (C=O) groups is 1. The van der Waals surface area contributed by atoms with E-state index in [1.165, 1.54) is 24.0 Å². The summed E-state index contributed by atoms with van der Waals surface area (Å²) in [6.45, 7) is 3.70. The summed E-state index contributed by atoms with van der Waals surface area (Å²) in [7, 11) is -3.75. The SMILES string of the molecule is CC(=O)N1CC(C)Oc2ccc(S(=O)(=O)Nc3ccccc3)cc21. The van der Waals surface area contributed by atoms with E-state index in [9.17, 15) is 13.2 Å². The molecule has 1 atom stereocenters. The van der Waals surface area contributed by atoms with Gasteiger partial charge < -0.3 is 9.64 Å². The Balaban J connectivity index is 1.98. The molecule has 0 saturated heterocycles. The van der Waals surface area contributed by atoms with Crippen molar-refractivity contribution in [2.24, 2.45) is 0 Å². The van der Waals surface area contributed by atoms with Crippen LogP contribution < -0.4 is 14.4 Å². The average Bonchev–Trinajstić information content (AvgIpc) is 2.54. The molecule has 1 aliphatic heterocycles. The van der Waals surface area contributed by atoms with Crippen molar-refractivity contribution in [3.8, 4) is 5.75 Å². The highest BCUT2D eigenvalue weighted by Crippen LogP contribution is 2.35. The topological polar surface area (TPSA) is 75.7 Å². The Morgan fingerprint density at radius 2 is 1.92 bits per heavy atom. The van der Waals surface area contributed by atoms with Gasteiger partial charge in [0.25, 0.3) is 10.0 Å². The van der Waals surface area contributed by atoms with Gasteiger partial charge >= 0.3 is 0 Å². The molecule has 2 aromatic carbocycles. The normalized spacial score (nSPS) is 16.9. The molecule has 1 aliphatic rings. The number of nitrogens with zero attached hydrogens (tertiary/aromatic N) is 1. The maximum absolute atomic E-state index is 12.6. The number of benzene rings is 2. The number of rotatable bonds is 3. The molecule has 3 rings (SSSR count). The number of ether oxygens (including phenoxy) is 1. The Kier molecular flexibility index (Phi) is 4.19. The summed E-state index contributed by atoms with van der Waals surface area (Å²) in [6, 6.07) is 13.2. The first-order chi connectivity index (χ1) is 11.4. The van der Waals surface area contributed by atoms with Gasteiger partial charge in [-0.15, -0.1) is 0 Å². The van der Waals surface area contributed by atoms with Gasteiger partial charge in [-0.05, 0) is 37.3 Å². The lowest BCUT2D eigenvalue weighted by atomic mass is 10.2. The zero-order valence-corrected chi connectivity index (χ0v) is 14.2. The molecule has 1 unspecified atom stereocenters. The van der Waals surface area contributed by atoms with E-state index in [1.807, 2.05) is 6.92 Å². The predicted octanol–water partition coefficient (Wildman–Crippen LogP) is 2.62. The summed E-state index contributed by atoms with van der Waals surface area (Å²) in [4.78, 5) is 13.5. The highest BCUT2D eigenvalue weighted by Gasteiger charge is 2.27. The minimum absolute atomic E-state index is 0.0782. The number of amides is 1. The van der Waals surface area contributed by atoms with Crippen LogP contribution >= 0.6 is 0 Å². The van der Waals surface area contributed by atoms with Crippen molar-refractivity contribution in [3.05, 3.63) is 48.5 Å². The van der Waals surface area contributed by atoms with E-state index in [2.05, 4.69) is 4.72 Å². The van der Waals surface area contributed by atoms with Gasteiger partial charge in [0.2, 0.25) is 5.91 Å². The van der Waals surface area contributed by atoms with Crippen molar-refractivity contribution in [1.29, 1.82) is 0 Å². The molecule has 6 nitrogen and oxygen atoms in total. The molecule has 126 valence electrons. The van der Waals surface area contributed by atoms with E-state index in [0.29, 0.717) is 23.7 Å². The lowest BCUT2D eigenvalue weighted by Gasteiger charge is -2.33. The first-order valence-corrected chi connectivity index (χ1v) is 9.02. The van der Waals surface area contributed by atoms with E-state index in [1.54, 1.807) is 36.4 Å². The fourth-order valence-electron chi connectivity index (χ4n) is 2.60. The average molecular weight is 346 g/mol. The van der Waals surface area contributed by atoms with Crippen LogP contribution in [0, 0.1) is 0 Å². The summed E-state index contributed by atoms with van der Waals surface area (Å²) in [5.74, 6) is 0.347. The molecule has 0 saturated carbocycles. The van der Waals surface area contributed by atoms with Crippen molar-refractivity contribution >= 4 is 27.3 Å². The quantitative estimate of drug-likeness (QED) is 0.927. The smallest absolute Gasteiger partial charge is 0.261 e. The van der Waals surface area contributed by atoms with Crippen molar-refractivity contribution in [2.45, 2.75) is 24.8 Å². The molecule has 0 radical (unpaired) electrons. The third-order valence-corrected chi connectivity index (χ3v) is 5.08. The molecule has 0 spiro atoms. The minimum Gasteiger partial charge on any atom is -0.487 e. The highest BCUT2D eigenvalue weighted by molar-refractivity contribution is 7.92. The molecule has 0 bridgehead atoms. The molecular weight excluding hydrogens is 328 g/mol. The van der Waals surface area contributed by atoms with Gasteiger partial charge in [0.05, 0.1) is 17.1 Å². The summed E-state index contributed by atoms with van der Waals surface area (Å²) < 4.78 is 33.4. The molecule has 7 heteroatoms. The van der Waals surface area contributed by atoms with Crippen LogP contribution in [0.1, 0.15) is 13.8 Å². The second-order valence-corrected chi connectivity index (χ2v) is 7.34. The van der Waals surface area contributed by atoms with Gasteiger partial charge in [-0.1, -0.05) is 18.2 Å². The van der Waals surface area contributed by atoms with Crippen molar-refractivity contribution in [2.75, 3.05) is 16.2 Å². The second-order valence-electron chi connectivity index (χ2n) is 5.66. The number of para-hydroxylation sites is 1. The van der Waals surface area contributed by atoms with Gasteiger partial charge in [0, 0.05) is 12.6 Å². The Morgan fingerprint density at radius 1 is 1.21 bits per heavy atom. The molecule has 0 aromatic heterocycles. The molecule has 2 aromatic rings. The lowest BCUT2D eigenvalue weighted by molar-refractivity contribution is -0.117. The number of hydrogen-bond donors (Lipinski definition) is 1. The standard InChI is InChI=1S/C17H18N2O4S/c1-12-11-19(13(2)20)16-10-15(8-9-17(16)23-12)24(21,22)18-14-6-4-3-5-7-14/h3-10,12,18H,11H2,1-2H3. The highest BCUT2D eigenvalue weighted by atomic mass is 32.2. The zero-order valence-electron chi connectivity index (χ0n) is 13.4. The van der Waals surface area contributed by atoms with E-state index < -0.39 is 10.0 Å². The minimum atomic E-state index is -3.75. The fraction of sp³-hybridized carbons (Fsp3) is 0.235. The predicted molar refractivity (Wildman–Crippen MR) is 91.8 cm³/mol. The van der Waals surface area contributed by atoms with Crippen LogP contribution in [-0.4, -0.2) is 27.0 Å². The first-order valence-electron chi connectivity index (χ1n) is 7.53. The first kappa shape index (κ1) is 16.3. The maximum Gasteiger partial charge on any atom is 0.261 e. The number of hydrogen-bond acceptors (Lipinski definition) is 4. The van der Waals surface area contributed by atoms with Crippen LogP contribution in [0.15, 0.2) is 53.4 Å². The summed E-state index contributed by atoms with van der Waals surface area (Å²) in [5, 5.41) is 0. The van der Waals surface area contributed by atoms with Crippen LogP contribution in [0.5, 0.6) is 5.75 Å². The van der Waals surface area contributed by atoms with Gasteiger partial charge in [-0.2, -0.15) is 0 Å². The molecule has 1 N–H and O–H groups in total. The number of carbonyl (C=O) groups excluding carboxylic acids is 1. The van der Waals surface area contributed by atoms with Crippen molar-refractivity contribution < 1.29 is 17.9 Å². The van der Waals surface area contributed by atoms with Gasteiger partial charge in [-0.3, -0.25) is 9.52 Å². The molecule has 1 amide bonds. The Hall–Kier alpha value is -2.54. The zero-order chi connectivity index (χ0) is 17.3. The van der Waals surface area contributed by atoms with Crippen LogP contribution in [0.3, 0.4) is 0 Å². The Bertz CT molecular complexity index is 865. The fourth-order valence-corrected chi connectivity index (χ4v) is 3.68. The van der Waals surface area contributed by atoms with Crippen molar-refractivity contribution in [3.63, 3.8) is 0 Å². The molecule has 0 aliphatic carbocycles. The van der Waals surface area contributed by atoms with E-state index >= 15 is 0 Å². The van der Waals surface area contributed by atoms with Crippen LogP contribution in [0.25, 0.3) is 0 Å². The largest absolute Gasteiger partial charge is 0.487 e.